The number of urea groups is 1. The predicted molar refractivity (Wildman–Crippen MR) is 109 cm³/mol. The Morgan fingerprint density at radius 3 is 2.71 bits per heavy atom. The van der Waals surface area contributed by atoms with Crippen LogP contribution < -0.4 is 16.0 Å². The van der Waals surface area contributed by atoms with Crippen LogP contribution in [0.3, 0.4) is 0 Å². The van der Waals surface area contributed by atoms with Gasteiger partial charge in [-0.1, -0.05) is 6.07 Å². The number of aromatic nitrogens is 4. The fraction of sp³-hybridized carbons (Fsp3) is 0.300. The summed E-state index contributed by atoms with van der Waals surface area (Å²) in [6, 6.07) is 8.84. The number of anilines is 3. The Morgan fingerprint density at radius 1 is 1.29 bits per heavy atom. The summed E-state index contributed by atoms with van der Waals surface area (Å²) in [5.74, 6) is 0.966. The molecule has 3 aromatic rings. The highest BCUT2D eigenvalue weighted by Gasteiger charge is 2.33. The molecule has 8 nitrogen and oxygen atoms in total. The highest BCUT2D eigenvalue weighted by molar-refractivity contribution is 6.03. The minimum Gasteiger partial charge on any atom is -0.396 e. The number of pyridine rings is 2. The first-order chi connectivity index (χ1) is 13.5. The monoisotopic (exact) mass is 377 g/mol. The average molecular weight is 377 g/mol. The first-order valence-electron chi connectivity index (χ1n) is 9.31. The third-order valence-corrected chi connectivity index (χ3v) is 5.20. The Hall–Kier alpha value is -3.42. The highest BCUT2D eigenvalue weighted by atomic mass is 16.2. The molecule has 4 rings (SSSR count). The van der Waals surface area contributed by atoms with E-state index in [0.717, 1.165) is 36.2 Å². The van der Waals surface area contributed by atoms with Crippen LogP contribution in [0.2, 0.25) is 0 Å². The van der Waals surface area contributed by atoms with E-state index in [4.69, 9.17) is 10.7 Å². The maximum absolute atomic E-state index is 13.1. The van der Waals surface area contributed by atoms with Crippen molar-refractivity contribution in [1.29, 1.82) is 0 Å². The van der Waals surface area contributed by atoms with Crippen molar-refractivity contribution in [3.05, 3.63) is 48.4 Å². The van der Waals surface area contributed by atoms with Gasteiger partial charge in [-0.25, -0.2) is 14.8 Å². The molecule has 0 saturated heterocycles. The number of nitrogens with two attached hydrogens (primary N) is 1. The molecule has 0 atom stereocenters. The van der Waals surface area contributed by atoms with Gasteiger partial charge in [0.05, 0.1) is 17.6 Å². The molecule has 2 amide bonds. The third-order valence-electron chi connectivity index (χ3n) is 5.20. The summed E-state index contributed by atoms with van der Waals surface area (Å²) in [5, 5.41) is 7.14. The van der Waals surface area contributed by atoms with Gasteiger partial charge in [-0.2, -0.15) is 5.10 Å². The molecular formula is C20H23N7O. The SMILES string of the molecule is Cc1c(-c2ccc(N)c(N(C(=O)Nc3ccccn3)C3CCC3)n2)cnn1C. The Labute approximate surface area is 163 Å². The predicted octanol–water partition coefficient (Wildman–Crippen LogP) is 3.36. The second-order valence-corrected chi connectivity index (χ2v) is 6.98. The number of aryl methyl sites for hydroxylation is 1. The molecule has 0 spiro atoms. The molecule has 28 heavy (non-hydrogen) atoms. The fourth-order valence-corrected chi connectivity index (χ4v) is 3.24. The topological polar surface area (TPSA) is 102 Å². The molecule has 1 aliphatic carbocycles. The van der Waals surface area contributed by atoms with Gasteiger partial charge in [0.15, 0.2) is 5.82 Å². The van der Waals surface area contributed by atoms with Crippen LogP contribution in [0.4, 0.5) is 22.1 Å². The number of rotatable bonds is 4. The second kappa shape index (κ2) is 7.30. The van der Waals surface area contributed by atoms with Gasteiger partial charge >= 0.3 is 6.03 Å². The Kier molecular flexibility index (Phi) is 4.68. The summed E-state index contributed by atoms with van der Waals surface area (Å²) >= 11 is 0. The van der Waals surface area contributed by atoms with Gasteiger partial charge in [0.2, 0.25) is 0 Å². The minimum atomic E-state index is -0.275. The molecule has 1 fully saturated rings. The van der Waals surface area contributed by atoms with Crippen LogP contribution in [0.25, 0.3) is 11.3 Å². The molecule has 0 bridgehead atoms. The normalized spacial score (nSPS) is 13.8. The standard InChI is InChI=1S/C20H23N7O/c1-13-15(12-23-26(13)2)17-10-9-16(21)19(24-17)27(14-6-5-7-14)20(28)25-18-8-3-4-11-22-18/h3-4,8-12,14H,5-7,21H2,1-2H3,(H,22,25,28). The maximum atomic E-state index is 13.1. The van der Waals surface area contributed by atoms with E-state index < -0.39 is 0 Å². The highest BCUT2D eigenvalue weighted by Crippen LogP contribution is 2.34. The van der Waals surface area contributed by atoms with Crippen LogP contribution >= 0.6 is 0 Å². The number of hydrogen-bond acceptors (Lipinski definition) is 5. The Bertz CT molecular complexity index is 995. The first kappa shape index (κ1) is 18.0. The molecule has 0 unspecified atom stereocenters. The van der Waals surface area contributed by atoms with E-state index >= 15 is 0 Å². The quantitative estimate of drug-likeness (QED) is 0.726. The van der Waals surface area contributed by atoms with Gasteiger partial charge < -0.3 is 5.73 Å². The van der Waals surface area contributed by atoms with Gasteiger partial charge in [-0.3, -0.25) is 14.9 Å². The van der Waals surface area contributed by atoms with Crippen LogP contribution in [-0.4, -0.2) is 31.8 Å². The summed E-state index contributed by atoms with van der Waals surface area (Å²) < 4.78 is 1.80. The van der Waals surface area contributed by atoms with E-state index in [2.05, 4.69) is 15.4 Å². The average Bonchev–Trinajstić information content (AvgIpc) is 2.98. The Morgan fingerprint density at radius 2 is 2.11 bits per heavy atom. The van der Waals surface area contributed by atoms with Crippen molar-refractivity contribution in [3.8, 4) is 11.3 Å². The molecule has 144 valence electrons. The molecule has 0 radical (unpaired) electrons. The molecule has 8 heteroatoms. The van der Waals surface area contributed by atoms with Gasteiger partial charge in [-0.05, 0) is 50.5 Å². The molecule has 0 aliphatic heterocycles. The van der Waals surface area contributed by atoms with Crippen molar-refractivity contribution in [3.63, 3.8) is 0 Å². The molecule has 1 saturated carbocycles. The van der Waals surface area contributed by atoms with Gasteiger partial charge in [0, 0.05) is 30.5 Å². The zero-order valence-electron chi connectivity index (χ0n) is 16.0. The van der Waals surface area contributed by atoms with Crippen molar-refractivity contribution in [2.45, 2.75) is 32.2 Å². The summed E-state index contributed by atoms with van der Waals surface area (Å²) in [6.45, 7) is 1.98. The number of nitrogen functional groups attached to an aromatic ring is 1. The van der Waals surface area contributed by atoms with Crippen molar-refractivity contribution >= 4 is 23.4 Å². The van der Waals surface area contributed by atoms with E-state index in [9.17, 15) is 4.79 Å². The third kappa shape index (κ3) is 3.28. The van der Waals surface area contributed by atoms with Crippen molar-refractivity contribution < 1.29 is 4.79 Å². The molecule has 1 aliphatic rings. The summed E-state index contributed by atoms with van der Waals surface area (Å²) in [4.78, 5) is 23.7. The first-order valence-corrected chi connectivity index (χ1v) is 9.31. The van der Waals surface area contributed by atoms with E-state index in [0.29, 0.717) is 17.3 Å². The summed E-state index contributed by atoms with van der Waals surface area (Å²) in [6.07, 6.45) is 6.35. The smallest absolute Gasteiger partial charge is 0.328 e. The molecule has 3 aromatic heterocycles. The van der Waals surface area contributed by atoms with Crippen LogP contribution in [0.1, 0.15) is 25.0 Å². The van der Waals surface area contributed by atoms with Crippen molar-refractivity contribution in [2.75, 3.05) is 16.0 Å². The molecule has 0 aromatic carbocycles. The van der Waals surface area contributed by atoms with Gasteiger partial charge in [-0.15, -0.1) is 0 Å². The van der Waals surface area contributed by atoms with E-state index in [1.165, 1.54) is 0 Å². The fourth-order valence-electron chi connectivity index (χ4n) is 3.24. The Balaban J connectivity index is 1.71. The lowest BCUT2D eigenvalue weighted by atomic mass is 9.91. The van der Waals surface area contributed by atoms with Crippen molar-refractivity contribution in [2.24, 2.45) is 7.05 Å². The number of hydrogen-bond donors (Lipinski definition) is 2. The molecule has 3 N–H and O–H groups in total. The number of nitrogens with one attached hydrogen (secondary N) is 1. The summed E-state index contributed by atoms with van der Waals surface area (Å²) in [7, 11) is 1.89. The van der Waals surface area contributed by atoms with Crippen LogP contribution in [0.15, 0.2) is 42.7 Å². The number of nitrogens with zero attached hydrogens (tertiary/aromatic N) is 5. The molecular weight excluding hydrogens is 354 g/mol. The van der Waals surface area contributed by atoms with Crippen LogP contribution in [0.5, 0.6) is 0 Å². The lowest BCUT2D eigenvalue weighted by Crippen LogP contribution is -2.47. The van der Waals surface area contributed by atoms with Crippen molar-refractivity contribution in [1.82, 2.24) is 19.7 Å². The summed E-state index contributed by atoms with van der Waals surface area (Å²) in [5.41, 5.74) is 9.36. The maximum Gasteiger partial charge on any atom is 0.328 e. The van der Waals surface area contributed by atoms with E-state index in [-0.39, 0.29) is 12.1 Å². The minimum absolute atomic E-state index is 0.0729. The second-order valence-electron chi connectivity index (χ2n) is 6.98. The zero-order chi connectivity index (χ0) is 19.7. The lowest BCUT2D eigenvalue weighted by molar-refractivity contribution is 0.249. The van der Waals surface area contributed by atoms with Crippen LogP contribution in [0, 0.1) is 6.92 Å². The van der Waals surface area contributed by atoms with Gasteiger partial charge in [0.1, 0.15) is 5.82 Å². The zero-order valence-corrected chi connectivity index (χ0v) is 16.0. The number of amides is 2. The van der Waals surface area contributed by atoms with Crippen LogP contribution in [-0.2, 0) is 7.05 Å². The van der Waals surface area contributed by atoms with E-state index in [1.54, 1.807) is 40.2 Å². The lowest BCUT2D eigenvalue weighted by Gasteiger charge is -2.37. The molecule has 3 heterocycles. The number of carbonyl (C=O) groups is 1. The van der Waals surface area contributed by atoms with E-state index in [1.807, 2.05) is 26.1 Å². The number of carbonyl (C=O) groups excluding carboxylic acids is 1. The van der Waals surface area contributed by atoms with Gasteiger partial charge in [0.25, 0.3) is 0 Å². The largest absolute Gasteiger partial charge is 0.396 e.